The van der Waals surface area contributed by atoms with E-state index in [0.717, 1.165) is 24.3 Å². The number of carboxylic acids is 1. The summed E-state index contributed by atoms with van der Waals surface area (Å²) < 4.78 is 81.8. The first kappa shape index (κ1) is 28.8. The number of carbonyl (C=O) groups is 1. The Balaban J connectivity index is 1.42. The highest BCUT2D eigenvalue weighted by Crippen LogP contribution is 2.31. The first-order chi connectivity index (χ1) is 20.0. The highest BCUT2D eigenvalue weighted by atomic mass is 35.5. The van der Waals surface area contributed by atoms with E-state index < -0.39 is 35.8 Å². The second-order valence-electron chi connectivity index (χ2n) is 9.10. The molecule has 0 radical (unpaired) electrons. The zero-order valence-corrected chi connectivity index (χ0v) is 22.3. The Labute approximate surface area is 239 Å². The van der Waals surface area contributed by atoms with Crippen LogP contribution in [0.15, 0.2) is 60.7 Å². The van der Waals surface area contributed by atoms with E-state index in [1.165, 1.54) is 48.0 Å². The second-order valence-corrected chi connectivity index (χ2v) is 9.53. The lowest BCUT2D eigenvalue weighted by Crippen LogP contribution is -2.05. The van der Waals surface area contributed by atoms with Crippen molar-refractivity contribution in [3.05, 3.63) is 106 Å². The van der Waals surface area contributed by atoms with Crippen LogP contribution in [-0.4, -0.2) is 32.2 Å². The summed E-state index contributed by atoms with van der Waals surface area (Å²) in [5, 5.41) is 9.57. The van der Waals surface area contributed by atoms with E-state index >= 15 is 8.78 Å². The molecule has 0 aliphatic carbocycles. The van der Waals surface area contributed by atoms with E-state index in [9.17, 15) is 23.1 Å². The lowest BCUT2D eigenvalue weighted by molar-refractivity contribution is -0.0489. The van der Waals surface area contributed by atoms with Gasteiger partial charge in [0.25, 0.3) is 0 Å². The Kier molecular flexibility index (Phi) is 7.99. The van der Waals surface area contributed by atoms with E-state index in [2.05, 4.69) is 14.7 Å². The molecule has 3 aromatic carbocycles. The summed E-state index contributed by atoms with van der Waals surface area (Å²) in [4.78, 5) is 19.9. The second kappa shape index (κ2) is 11.6. The fourth-order valence-corrected chi connectivity index (χ4v) is 4.46. The minimum Gasteiger partial charge on any atom is -0.478 e. The van der Waals surface area contributed by atoms with Gasteiger partial charge < -0.3 is 19.1 Å². The molecule has 0 bridgehead atoms. The first-order valence-corrected chi connectivity index (χ1v) is 12.6. The number of halogens is 6. The molecule has 5 rings (SSSR count). The summed E-state index contributed by atoms with van der Waals surface area (Å²) in [6.45, 7) is -3.41. The summed E-state index contributed by atoms with van der Waals surface area (Å²) in [5.74, 6) is -3.83. The van der Waals surface area contributed by atoms with Gasteiger partial charge in [-0.1, -0.05) is 23.7 Å². The molecule has 0 spiro atoms. The number of aromatic carboxylic acids is 1. The summed E-state index contributed by atoms with van der Waals surface area (Å²) in [5.41, 5.74) is -0.205. The van der Waals surface area contributed by atoms with Crippen LogP contribution in [0.25, 0.3) is 22.3 Å². The van der Waals surface area contributed by atoms with Crippen molar-refractivity contribution in [1.82, 2.24) is 14.5 Å². The van der Waals surface area contributed by atoms with Crippen molar-refractivity contribution in [1.29, 1.82) is 0 Å². The van der Waals surface area contributed by atoms with Crippen molar-refractivity contribution < 1.29 is 41.3 Å². The number of aromatic nitrogens is 3. The van der Waals surface area contributed by atoms with Crippen molar-refractivity contribution in [3.8, 4) is 22.9 Å². The van der Waals surface area contributed by atoms with E-state index in [1.54, 1.807) is 0 Å². The van der Waals surface area contributed by atoms with Crippen molar-refractivity contribution in [2.75, 3.05) is 0 Å². The summed E-state index contributed by atoms with van der Waals surface area (Å²) in [7, 11) is 1.48. The van der Waals surface area contributed by atoms with Gasteiger partial charge in [-0.2, -0.15) is 8.78 Å². The van der Waals surface area contributed by atoms with Gasteiger partial charge in [0.15, 0.2) is 5.75 Å². The van der Waals surface area contributed by atoms with Crippen LogP contribution in [0, 0.1) is 17.5 Å². The largest absolute Gasteiger partial charge is 0.478 e. The number of carboxylic acid groups (broad SMARTS) is 1. The third-order valence-corrected chi connectivity index (χ3v) is 6.62. The van der Waals surface area contributed by atoms with Crippen LogP contribution in [-0.2, 0) is 20.1 Å². The smallest absolute Gasteiger partial charge is 0.387 e. The van der Waals surface area contributed by atoms with Gasteiger partial charge in [0.1, 0.15) is 35.4 Å². The minimum atomic E-state index is -3.24. The van der Waals surface area contributed by atoms with Gasteiger partial charge in [0, 0.05) is 35.7 Å². The number of rotatable bonds is 9. The topological polar surface area (TPSA) is 86.5 Å². The standard InChI is InChI=1S/C29H19ClF5N3O4/c1-38-23-8-16(28(39)40)9-24(42-29(34)35)27(23)37-25(38)10-15-7-21(33)18(12-20(15)32)22-3-2-4-26(36-22)41-13-14-5-6-17(30)11-19(14)31/h2-9,11-12,29H,10,13H2,1H3,(H,39,40). The van der Waals surface area contributed by atoms with Gasteiger partial charge in [0.2, 0.25) is 5.88 Å². The predicted octanol–water partition coefficient (Wildman–Crippen LogP) is 7.18. The number of alkyl halides is 2. The summed E-state index contributed by atoms with van der Waals surface area (Å²) in [6.07, 6.45) is -0.256. The van der Waals surface area contributed by atoms with Crippen LogP contribution in [0.3, 0.4) is 0 Å². The number of hydrogen-bond acceptors (Lipinski definition) is 5. The molecule has 2 heterocycles. The van der Waals surface area contributed by atoms with E-state index in [0.29, 0.717) is 0 Å². The molecule has 0 amide bonds. The normalized spacial score (nSPS) is 11.3. The highest BCUT2D eigenvalue weighted by Gasteiger charge is 2.21. The van der Waals surface area contributed by atoms with Gasteiger partial charge in [-0.25, -0.2) is 27.9 Å². The molecule has 0 atom stereocenters. The third-order valence-electron chi connectivity index (χ3n) is 6.38. The SMILES string of the molecule is Cn1c(Cc2cc(F)c(-c3cccc(OCc4ccc(Cl)cc4F)n3)cc2F)nc2c(OC(F)F)cc(C(=O)O)cc21. The molecule has 7 nitrogen and oxygen atoms in total. The monoisotopic (exact) mass is 603 g/mol. The zero-order chi connectivity index (χ0) is 30.1. The Bertz CT molecular complexity index is 1830. The lowest BCUT2D eigenvalue weighted by atomic mass is 10.0. The van der Waals surface area contributed by atoms with E-state index in [4.69, 9.17) is 16.3 Å². The number of fused-ring (bicyclic) bond motifs is 1. The number of ether oxygens (including phenoxy) is 2. The lowest BCUT2D eigenvalue weighted by Gasteiger charge is -2.11. The van der Waals surface area contributed by atoms with Gasteiger partial charge >= 0.3 is 12.6 Å². The molecule has 42 heavy (non-hydrogen) atoms. The molecule has 1 N–H and O–H groups in total. The molecule has 13 heteroatoms. The minimum absolute atomic E-state index is 0.0491. The van der Waals surface area contributed by atoms with Crippen LogP contribution in [0.5, 0.6) is 11.6 Å². The molecule has 0 saturated carbocycles. The fraction of sp³-hybridized carbons (Fsp3) is 0.138. The number of nitrogens with zero attached hydrogens (tertiary/aromatic N) is 3. The van der Waals surface area contributed by atoms with Gasteiger partial charge in [0.05, 0.1) is 16.8 Å². The van der Waals surface area contributed by atoms with Crippen LogP contribution in [0.2, 0.25) is 5.02 Å². The quantitative estimate of drug-likeness (QED) is 0.180. The van der Waals surface area contributed by atoms with E-state index in [-0.39, 0.29) is 68.7 Å². The van der Waals surface area contributed by atoms with Crippen molar-refractivity contribution in [2.24, 2.45) is 7.05 Å². The predicted molar refractivity (Wildman–Crippen MR) is 142 cm³/mol. The molecule has 0 aliphatic heterocycles. The Morgan fingerprint density at radius 3 is 2.45 bits per heavy atom. The number of imidazole rings is 1. The Hall–Kier alpha value is -4.71. The maximum absolute atomic E-state index is 15.2. The number of hydrogen-bond donors (Lipinski definition) is 1. The molecule has 0 aliphatic rings. The van der Waals surface area contributed by atoms with Gasteiger partial charge in [-0.15, -0.1) is 0 Å². The van der Waals surface area contributed by atoms with Crippen molar-refractivity contribution >= 4 is 28.6 Å². The summed E-state index contributed by atoms with van der Waals surface area (Å²) >= 11 is 5.76. The molecular weight excluding hydrogens is 585 g/mol. The number of benzene rings is 3. The third kappa shape index (κ3) is 5.98. The fourth-order valence-electron chi connectivity index (χ4n) is 4.30. The Morgan fingerprint density at radius 2 is 1.74 bits per heavy atom. The molecule has 2 aromatic heterocycles. The Morgan fingerprint density at radius 1 is 0.976 bits per heavy atom. The van der Waals surface area contributed by atoms with Crippen LogP contribution in [0.1, 0.15) is 27.3 Å². The molecule has 216 valence electrons. The molecular formula is C29H19ClF5N3O4. The van der Waals surface area contributed by atoms with Crippen molar-refractivity contribution in [3.63, 3.8) is 0 Å². The average Bonchev–Trinajstić information content (AvgIpc) is 3.25. The molecule has 0 saturated heterocycles. The van der Waals surface area contributed by atoms with Crippen LogP contribution < -0.4 is 9.47 Å². The van der Waals surface area contributed by atoms with E-state index in [1.807, 2.05) is 0 Å². The number of pyridine rings is 1. The first-order valence-electron chi connectivity index (χ1n) is 12.2. The van der Waals surface area contributed by atoms with Crippen LogP contribution in [0.4, 0.5) is 22.0 Å². The van der Waals surface area contributed by atoms with Crippen LogP contribution >= 0.6 is 11.6 Å². The maximum Gasteiger partial charge on any atom is 0.387 e. The van der Waals surface area contributed by atoms with Gasteiger partial charge in [-0.05, 0) is 48.0 Å². The molecule has 5 aromatic rings. The molecule has 0 fully saturated rings. The van der Waals surface area contributed by atoms with Crippen molar-refractivity contribution in [2.45, 2.75) is 19.6 Å². The zero-order valence-electron chi connectivity index (χ0n) is 21.5. The average molecular weight is 604 g/mol. The highest BCUT2D eigenvalue weighted by molar-refractivity contribution is 6.30. The number of aryl methyl sites for hydroxylation is 1. The maximum atomic E-state index is 15.2. The summed E-state index contributed by atoms with van der Waals surface area (Å²) in [6, 6.07) is 12.6. The van der Waals surface area contributed by atoms with Gasteiger partial charge in [-0.3, -0.25) is 0 Å². The molecule has 0 unspecified atom stereocenters.